The summed E-state index contributed by atoms with van der Waals surface area (Å²) in [6, 6.07) is 66.6. The quantitative estimate of drug-likeness (QED) is 0.186. The minimum atomic E-state index is -0.442. The number of hydrogen-bond donors (Lipinski definition) is 0. The van der Waals surface area contributed by atoms with Crippen LogP contribution < -0.4 is 4.90 Å². The van der Waals surface area contributed by atoms with Gasteiger partial charge in [0.05, 0.1) is 16.8 Å². The first-order chi connectivity index (χ1) is 25.7. The van der Waals surface area contributed by atoms with Gasteiger partial charge in [-0.2, -0.15) is 0 Å². The molecule has 0 radical (unpaired) electrons. The Morgan fingerprint density at radius 1 is 0.404 bits per heavy atom. The summed E-state index contributed by atoms with van der Waals surface area (Å²) in [5.74, 6) is 0. The van der Waals surface area contributed by atoms with Crippen LogP contribution in [0.5, 0.6) is 0 Å². The monoisotopic (exact) mass is 663 g/mol. The zero-order valence-corrected chi connectivity index (χ0v) is 28.7. The predicted octanol–water partition coefficient (Wildman–Crippen LogP) is 13.4. The van der Waals surface area contributed by atoms with Crippen molar-refractivity contribution >= 4 is 39.0 Å². The molecule has 244 valence electrons. The molecule has 1 aromatic heterocycles. The average Bonchev–Trinajstić information content (AvgIpc) is 3.84. The molecule has 2 heteroatoms. The van der Waals surface area contributed by atoms with Crippen molar-refractivity contribution in [2.75, 3.05) is 4.90 Å². The fraction of sp³-hybridized carbons (Fsp3) is 0.0400. The fourth-order valence-corrected chi connectivity index (χ4v) is 9.28. The molecule has 0 bridgehead atoms. The molecule has 0 saturated carbocycles. The first kappa shape index (κ1) is 29.1. The van der Waals surface area contributed by atoms with E-state index in [0.717, 1.165) is 50.1 Å². The van der Waals surface area contributed by atoms with E-state index in [4.69, 9.17) is 4.42 Å². The molecular formula is C50H33NO. The smallest absolute Gasteiger partial charge is 0.159 e. The van der Waals surface area contributed by atoms with Gasteiger partial charge in [0.15, 0.2) is 5.58 Å². The fourth-order valence-electron chi connectivity index (χ4n) is 9.28. The number of para-hydroxylation sites is 3. The average molecular weight is 664 g/mol. The van der Waals surface area contributed by atoms with Crippen molar-refractivity contribution in [2.45, 2.75) is 12.3 Å². The van der Waals surface area contributed by atoms with E-state index in [1.807, 2.05) is 0 Å². The third-order valence-corrected chi connectivity index (χ3v) is 11.4. The number of benzene rings is 8. The van der Waals surface area contributed by atoms with Gasteiger partial charge in [-0.25, -0.2) is 0 Å². The molecule has 0 aliphatic heterocycles. The summed E-state index contributed by atoms with van der Waals surface area (Å²) in [5, 5.41) is 2.25. The van der Waals surface area contributed by atoms with Crippen molar-refractivity contribution in [2.24, 2.45) is 0 Å². The van der Waals surface area contributed by atoms with Gasteiger partial charge in [-0.1, -0.05) is 158 Å². The molecule has 2 aliphatic carbocycles. The molecule has 1 heterocycles. The maximum atomic E-state index is 6.87. The van der Waals surface area contributed by atoms with E-state index in [0.29, 0.717) is 0 Å². The standard InChI is InChI=1S/C50H33NO/c1-32-15-13-22-40-41-23-14-28-47(49(41)52-48(32)40)51(46-27-12-8-18-35(46)33-16-3-2-4-17-33)34-29-30-39-38-21-7-11-26-44(38)50(45(39)31-34)42-24-9-5-19-36(42)37-20-6-10-25-43(37)50/h2-31H,1H3. The summed E-state index contributed by atoms with van der Waals surface area (Å²) in [7, 11) is 0. The number of rotatable bonds is 4. The highest BCUT2D eigenvalue weighted by Gasteiger charge is 2.51. The van der Waals surface area contributed by atoms with Crippen molar-refractivity contribution in [3.8, 4) is 33.4 Å². The summed E-state index contributed by atoms with van der Waals surface area (Å²) in [5.41, 5.74) is 18.5. The van der Waals surface area contributed by atoms with Crippen molar-refractivity contribution in [1.29, 1.82) is 0 Å². The molecule has 0 atom stereocenters. The van der Waals surface area contributed by atoms with Gasteiger partial charge in [0.25, 0.3) is 0 Å². The van der Waals surface area contributed by atoms with Crippen LogP contribution in [0.25, 0.3) is 55.3 Å². The van der Waals surface area contributed by atoms with Crippen LogP contribution in [0.2, 0.25) is 0 Å². The van der Waals surface area contributed by atoms with Crippen molar-refractivity contribution in [1.82, 2.24) is 0 Å². The number of hydrogen-bond acceptors (Lipinski definition) is 2. The summed E-state index contributed by atoms with van der Waals surface area (Å²) < 4.78 is 6.87. The SMILES string of the molecule is Cc1cccc2c1oc1c(N(c3ccc4c(c3)C3(c5ccccc5-c5ccccc53)c3ccccc3-4)c3ccccc3-c3ccccc3)cccc12. The molecule has 9 aromatic rings. The topological polar surface area (TPSA) is 16.4 Å². The van der Waals surface area contributed by atoms with Crippen LogP contribution in [0.1, 0.15) is 27.8 Å². The Bertz CT molecular complexity index is 2820. The summed E-state index contributed by atoms with van der Waals surface area (Å²) in [6.45, 7) is 2.13. The van der Waals surface area contributed by atoms with E-state index in [1.165, 1.54) is 50.1 Å². The second-order valence-electron chi connectivity index (χ2n) is 14.0. The second kappa shape index (κ2) is 10.9. The largest absolute Gasteiger partial charge is 0.454 e. The van der Waals surface area contributed by atoms with Crippen LogP contribution in [0.3, 0.4) is 0 Å². The van der Waals surface area contributed by atoms with E-state index < -0.39 is 5.41 Å². The lowest BCUT2D eigenvalue weighted by molar-refractivity contribution is 0.666. The summed E-state index contributed by atoms with van der Waals surface area (Å²) in [6.07, 6.45) is 0. The highest BCUT2D eigenvalue weighted by Crippen LogP contribution is 2.63. The molecular weight excluding hydrogens is 631 g/mol. The molecule has 11 rings (SSSR count). The van der Waals surface area contributed by atoms with Gasteiger partial charge in [-0.3, -0.25) is 0 Å². The number of aryl methyl sites for hydroxylation is 1. The number of fused-ring (bicyclic) bond motifs is 13. The Labute approximate surface area is 302 Å². The van der Waals surface area contributed by atoms with Crippen LogP contribution >= 0.6 is 0 Å². The van der Waals surface area contributed by atoms with Gasteiger partial charge in [-0.15, -0.1) is 0 Å². The molecule has 2 aliphatic rings. The second-order valence-corrected chi connectivity index (χ2v) is 14.0. The van der Waals surface area contributed by atoms with Crippen molar-refractivity contribution in [3.05, 3.63) is 210 Å². The molecule has 0 saturated heterocycles. The first-order valence-electron chi connectivity index (χ1n) is 18.0. The van der Waals surface area contributed by atoms with Gasteiger partial charge in [-0.05, 0) is 86.8 Å². The van der Waals surface area contributed by atoms with Gasteiger partial charge in [0.2, 0.25) is 0 Å². The molecule has 2 nitrogen and oxygen atoms in total. The zero-order valence-electron chi connectivity index (χ0n) is 28.7. The Balaban J connectivity index is 1.24. The maximum Gasteiger partial charge on any atom is 0.159 e. The first-order valence-corrected chi connectivity index (χ1v) is 18.0. The molecule has 0 fully saturated rings. The van der Waals surface area contributed by atoms with E-state index in [-0.39, 0.29) is 0 Å². The van der Waals surface area contributed by atoms with Crippen LogP contribution in [-0.4, -0.2) is 0 Å². The third-order valence-electron chi connectivity index (χ3n) is 11.4. The van der Waals surface area contributed by atoms with Gasteiger partial charge >= 0.3 is 0 Å². The van der Waals surface area contributed by atoms with Crippen LogP contribution in [0.15, 0.2) is 186 Å². The van der Waals surface area contributed by atoms with E-state index in [1.54, 1.807) is 0 Å². The Morgan fingerprint density at radius 2 is 0.923 bits per heavy atom. The lowest BCUT2D eigenvalue weighted by Gasteiger charge is -2.32. The molecule has 0 N–H and O–H groups in total. The van der Waals surface area contributed by atoms with Crippen molar-refractivity contribution < 1.29 is 4.42 Å². The normalized spacial score (nSPS) is 13.2. The maximum absolute atomic E-state index is 6.87. The van der Waals surface area contributed by atoms with Crippen molar-refractivity contribution in [3.63, 3.8) is 0 Å². The molecule has 8 aromatic carbocycles. The Kier molecular flexibility index (Phi) is 6.12. The number of anilines is 3. The Morgan fingerprint density at radius 3 is 1.60 bits per heavy atom. The van der Waals surface area contributed by atoms with Crippen LogP contribution in [0.4, 0.5) is 17.1 Å². The number of furan rings is 1. The minimum absolute atomic E-state index is 0.442. The van der Waals surface area contributed by atoms with E-state index in [2.05, 4.69) is 194 Å². The summed E-state index contributed by atoms with van der Waals surface area (Å²) >= 11 is 0. The number of nitrogens with zero attached hydrogens (tertiary/aromatic N) is 1. The van der Waals surface area contributed by atoms with Crippen LogP contribution in [0, 0.1) is 6.92 Å². The molecule has 0 unspecified atom stereocenters. The minimum Gasteiger partial charge on any atom is -0.454 e. The van der Waals surface area contributed by atoms with E-state index in [9.17, 15) is 0 Å². The predicted molar refractivity (Wildman–Crippen MR) is 215 cm³/mol. The van der Waals surface area contributed by atoms with Gasteiger partial charge in [0, 0.05) is 22.0 Å². The molecule has 1 spiro atoms. The Hall–Kier alpha value is -6.64. The summed E-state index contributed by atoms with van der Waals surface area (Å²) in [4.78, 5) is 2.42. The highest BCUT2D eigenvalue weighted by molar-refractivity contribution is 6.11. The lowest BCUT2D eigenvalue weighted by atomic mass is 9.70. The van der Waals surface area contributed by atoms with Gasteiger partial charge < -0.3 is 9.32 Å². The molecule has 0 amide bonds. The van der Waals surface area contributed by atoms with Gasteiger partial charge in [0.1, 0.15) is 5.58 Å². The zero-order chi connectivity index (χ0) is 34.4. The highest BCUT2D eigenvalue weighted by atomic mass is 16.3. The van der Waals surface area contributed by atoms with E-state index >= 15 is 0 Å². The third kappa shape index (κ3) is 3.84. The lowest BCUT2D eigenvalue weighted by Crippen LogP contribution is -2.26. The van der Waals surface area contributed by atoms with Crippen LogP contribution in [-0.2, 0) is 5.41 Å². The molecule has 52 heavy (non-hydrogen) atoms.